The summed E-state index contributed by atoms with van der Waals surface area (Å²) in [7, 11) is 1.83. The first-order chi connectivity index (χ1) is 8.25. The predicted octanol–water partition coefficient (Wildman–Crippen LogP) is 2.91. The maximum absolute atomic E-state index is 13.8. The van der Waals surface area contributed by atoms with Crippen molar-refractivity contribution in [3.63, 3.8) is 0 Å². The molecule has 1 atom stereocenters. The summed E-state index contributed by atoms with van der Waals surface area (Å²) in [6.45, 7) is 6.20. The topological polar surface area (TPSA) is 55.2 Å². The first-order valence-electron chi connectivity index (χ1n) is 5.85. The number of nitro benzene ring substituents is 1. The Morgan fingerprint density at radius 2 is 2.06 bits per heavy atom. The van der Waals surface area contributed by atoms with Gasteiger partial charge in [0.2, 0.25) is 0 Å². The van der Waals surface area contributed by atoms with Crippen molar-refractivity contribution in [1.82, 2.24) is 5.32 Å². The molecule has 0 heterocycles. The van der Waals surface area contributed by atoms with Gasteiger partial charge < -0.3 is 5.32 Å². The summed E-state index contributed by atoms with van der Waals surface area (Å²) < 4.78 is 13.8. The standard InChI is InChI=1S/C13H19FN2O2/c1-13(2,3)12(15-4)7-9-5-6-10(16(17)18)8-11(9)14/h5-6,8,12,15H,7H2,1-4H3. The van der Waals surface area contributed by atoms with E-state index in [0.29, 0.717) is 12.0 Å². The largest absolute Gasteiger partial charge is 0.316 e. The van der Waals surface area contributed by atoms with Gasteiger partial charge in [0.05, 0.1) is 11.0 Å². The van der Waals surface area contributed by atoms with Crippen LogP contribution in [0, 0.1) is 21.3 Å². The SMILES string of the molecule is CNC(Cc1ccc([N+](=O)[O-])cc1F)C(C)(C)C. The highest BCUT2D eigenvalue weighted by molar-refractivity contribution is 5.34. The quantitative estimate of drug-likeness (QED) is 0.664. The second-order valence-corrected chi connectivity index (χ2v) is 5.44. The number of nitrogens with zero attached hydrogens (tertiary/aromatic N) is 1. The first kappa shape index (κ1) is 14.6. The number of hydrogen-bond acceptors (Lipinski definition) is 3. The summed E-state index contributed by atoms with van der Waals surface area (Å²) >= 11 is 0. The number of likely N-dealkylation sites (N-methyl/N-ethyl adjacent to an activating group) is 1. The molecular formula is C13H19FN2O2. The van der Waals surface area contributed by atoms with Crippen molar-refractivity contribution in [1.29, 1.82) is 0 Å². The van der Waals surface area contributed by atoms with Crippen molar-refractivity contribution in [2.75, 3.05) is 7.05 Å². The fraction of sp³-hybridized carbons (Fsp3) is 0.538. The number of benzene rings is 1. The van der Waals surface area contributed by atoms with Crippen molar-refractivity contribution in [3.8, 4) is 0 Å². The summed E-state index contributed by atoms with van der Waals surface area (Å²) in [5.41, 5.74) is 0.270. The minimum Gasteiger partial charge on any atom is -0.316 e. The fourth-order valence-electron chi connectivity index (χ4n) is 1.88. The van der Waals surface area contributed by atoms with Crippen molar-refractivity contribution in [2.24, 2.45) is 5.41 Å². The van der Waals surface area contributed by atoms with Gasteiger partial charge in [0.15, 0.2) is 0 Å². The van der Waals surface area contributed by atoms with Crippen LogP contribution in [0.4, 0.5) is 10.1 Å². The smallest absolute Gasteiger partial charge is 0.272 e. The lowest BCUT2D eigenvalue weighted by Crippen LogP contribution is -2.39. The van der Waals surface area contributed by atoms with Crippen LogP contribution in [0.2, 0.25) is 0 Å². The monoisotopic (exact) mass is 254 g/mol. The van der Waals surface area contributed by atoms with E-state index in [-0.39, 0.29) is 17.1 Å². The average Bonchev–Trinajstić information content (AvgIpc) is 2.25. The Labute approximate surface area is 106 Å². The maximum Gasteiger partial charge on any atom is 0.272 e. The molecule has 0 aromatic heterocycles. The fourth-order valence-corrected chi connectivity index (χ4v) is 1.88. The first-order valence-corrected chi connectivity index (χ1v) is 5.85. The molecule has 0 radical (unpaired) electrons. The third-order valence-electron chi connectivity index (χ3n) is 3.07. The molecule has 18 heavy (non-hydrogen) atoms. The Bertz CT molecular complexity index is 441. The predicted molar refractivity (Wildman–Crippen MR) is 69.1 cm³/mol. The molecule has 4 nitrogen and oxygen atoms in total. The van der Waals surface area contributed by atoms with E-state index < -0.39 is 10.7 Å². The van der Waals surface area contributed by atoms with Gasteiger partial charge in [-0.2, -0.15) is 0 Å². The Hall–Kier alpha value is -1.49. The Morgan fingerprint density at radius 1 is 1.44 bits per heavy atom. The van der Waals surface area contributed by atoms with Crippen LogP contribution in [0.3, 0.4) is 0 Å². The van der Waals surface area contributed by atoms with E-state index in [1.54, 1.807) is 0 Å². The van der Waals surface area contributed by atoms with Gasteiger partial charge in [-0.3, -0.25) is 10.1 Å². The van der Waals surface area contributed by atoms with E-state index in [2.05, 4.69) is 26.1 Å². The van der Waals surface area contributed by atoms with Gasteiger partial charge in [0.1, 0.15) is 5.82 Å². The number of halogens is 1. The molecule has 0 saturated carbocycles. The van der Waals surface area contributed by atoms with E-state index in [4.69, 9.17) is 0 Å². The summed E-state index contributed by atoms with van der Waals surface area (Å²) in [5.74, 6) is -0.520. The lowest BCUT2D eigenvalue weighted by molar-refractivity contribution is -0.385. The van der Waals surface area contributed by atoms with Crippen LogP contribution in [0.25, 0.3) is 0 Å². The van der Waals surface area contributed by atoms with Crippen molar-refractivity contribution in [3.05, 3.63) is 39.7 Å². The van der Waals surface area contributed by atoms with Crippen molar-refractivity contribution < 1.29 is 9.31 Å². The minimum atomic E-state index is -0.591. The van der Waals surface area contributed by atoms with Crippen LogP contribution in [-0.4, -0.2) is 18.0 Å². The number of nitro groups is 1. The number of hydrogen-bond donors (Lipinski definition) is 1. The van der Waals surface area contributed by atoms with Crippen LogP contribution in [0.15, 0.2) is 18.2 Å². The molecule has 0 bridgehead atoms. The molecule has 1 aromatic rings. The van der Waals surface area contributed by atoms with Gasteiger partial charge in [0.25, 0.3) is 5.69 Å². The summed E-state index contributed by atoms with van der Waals surface area (Å²) in [5, 5.41) is 13.7. The third kappa shape index (κ3) is 3.50. The molecule has 0 amide bonds. The second kappa shape index (κ2) is 5.44. The van der Waals surface area contributed by atoms with Gasteiger partial charge >= 0.3 is 0 Å². The number of rotatable bonds is 4. The maximum atomic E-state index is 13.8. The molecule has 1 aromatic carbocycles. The molecule has 1 N–H and O–H groups in total. The number of non-ortho nitro benzene ring substituents is 1. The number of nitrogens with one attached hydrogen (secondary N) is 1. The summed E-state index contributed by atoms with van der Waals surface area (Å²) in [6.07, 6.45) is 0.504. The highest BCUT2D eigenvalue weighted by atomic mass is 19.1. The zero-order valence-corrected chi connectivity index (χ0v) is 11.2. The lowest BCUT2D eigenvalue weighted by atomic mass is 9.83. The molecule has 100 valence electrons. The van der Waals surface area contributed by atoms with Crippen LogP contribution < -0.4 is 5.32 Å². The molecule has 1 unspecified atom stereocenters. The Kier molecular flexibility index (Phi) is 4.40. The van der Waals surface area contributed by atoms with Gasteiger partial charge in [-0.25, -0.2) is 4.39 Å². The normalized spacial score (nSPS) is 13.4. The Balaban J connectivity index is 2.95. The van der Waals surface area contributed by atoms with E-state index in [1.165, 1.54) is 12.1 Å². The van der Waals surface area contributed by atoms with Crippen LogP contribution in [0.1, 0.15) is 26.3 Å². The highest BCUT2D eigenvalue weighted by Gasteiger charge is 2.24. The van der Waals surface area contributed by atoms with Crippen LogP contribution in [0.5, 0.6) is 0 Å². The summed E-state index contributed by atoms with van der Waals surface area (Å²) in [6, 6.07) is 3.91. The molecule has 0 aliphatic carbocycles. The highest BCUT2D eigenvalue weighted by Crippen LogP contribution is 2.24. The molecule has 0 spiro atoms. The lowest BCUT2D eigenvalue weighted by Gasteiger charge is -2.30. The molecule has 0 saturated heterocycles. The third-order valence-corrected chi connectivity index (χ3v) is 3.07. The van der Waals surface area contributed by atoms with Gasteiger partial charge in [-0.15, -0.1) is 0 Å². The van der Waals surface area contributed by atoms with Crippen molar-refractivity contribution >= 4 is 5.69 Å². The molecule has 0 fully saturated rings. The van der Waals surface area contributed by atoms with Gasteiger partial charge in [0, 0.05) is 12.1 Å². The Morgan fingerprint density at radius 3 is 2.44 bits per heavy atom. The molecule has 5 heteroatoms. The zero-order valence-electron chi connectivity index (χ0n) is 11.2. The average molecular weight is 254 g/mol. The van der Waals surface area contributed by atoms with Crippen molar-refractivity contribution in [2.45, 2.75) is 33.2 Å². The minimum absolute atomic E-state index is 0.0109. The van der Waals surface area contributed by atoms with Crippen LogP contribution in [-0.2, 0) is 6.42 Å². The van der Waals surface area contributed by atoms with E-state index in [1.807, 2.05) is 7.05 Å². The van der Waals surface area contributed by atoms with Gasteiger partial charge in [-0.1, -0.05) is 20.8 Å². The zero-order chi connectivity index (χ0) is 13.9. The van der Waals surface area contributed by atoms with E-state index in [9.17, 15) is 14.5 Å². The second-order valence-electron chi connectivity index (χ2n) is 5.44. The van der Waals surface area contributed by atoms with Gasteiger partial charge in [-0.05, 0) is 30.5 Å². The molecule has 1 rings (SSSR count). The molecular weight excluding hydrogens is 235 g/mol. The summed E-state index contributed by atoms with van der Waals surface area (Å²) in [4.78, 5) is 9.94. The molecule has 0 aliphatic heterocycles. The van der Waals surface area contributed by atoms with E-state index >= 15 is 0 Å². The van der Waals surface area contributed by atoms with E-state index in [0.717, 1.165) is 6.07 Å². The van der Waals surface area contributed by atoms with Crippen LogP contribution >= 0.6 is 0 Å². The molecule has 0 aliphatic rings.